The third kappa shape index (κ3) is 2.73. The Morgan fingerprint density at radius 2 is 1.80 bits per heavy atom. The summed E-state index contributed by atoms with van der Waals surface area (Å²) in [5, 5.41) is 0. The first kappa shape index (κ1) is 14.3. The van der Waals surface area contributed by atoms with Crippen molar-refractivity contribution in [2.24, 2.45) is 5.84 Å². The Kier molecular flexibility index (Phi) is 3.91. The maximum Gasteiger partial charge on any atom is 0.265 e. The number of nitrogens with zero attached hydrogens (tertiary/aromatic N) is 1. The van der Waals surface area contributed by atoms with Crippen LogP contribution in [-0.4, -0.2) is 13.4 Å². The van der Waals surface area contributed by atoms with E-state index in [2.05, 4.69) is 15.1 Å². The Hall–Kier alpha value is -2.12. The second-order valence-electron chi connectivity index (χ2n) is 4.39. The molecule has 0 aliphatic carbocycles. The summed E-state index contributed by atoms with van der Waals surface area (Å²) in [5.74, 6) is 5.33. The molecular weight excluding hydrogens is 276 g/mol. The Morgan fingerprint density at radius 3 is 2.40 bits per heavy atom. The largest absolute Gasteiger partial charge is 0.323 e. The van der Waals surface area contributed by atoms with Gasteiger partial charge in [-0.2, -0.15) is 0 Å². The number of para-hydroxylation sites is 1. The number of pyridine rings is 1. The first-order chi connectivity index (χ1) is 9.45. The quantitative estimate of drug-likeness (QED) is 0.589. The maximum absolute atomic E-state index is 12.4. The standard InChI is InChI=1S/C13H16N4O2S/c1-9-4-3-5-10(2)13(9)17-20(18,19)12-8-15-7-6-11(12)16-14/h3-8,17H,14H2,1-2H3,(H,15,16). The zero-order valence-electron chi connectivity index (χ0n) is 11.2. The first-order valence-corrected chi connectivity index (χ1v) is 7.43. The van der Waals surface area contributed by atoms with Gasteiger partial charge >= 0.3 is 0 Å². The first-order valence-electron chi connectivity index (χ1n) is 5.95. The summed E-state index contributed by atoms with van der Waals surface area (Å²) in [5.41, 5.74) is 4.91. The van der Waals surface area contributed by atoms with Gasteiger partial charge in [-0.15, -0.1) is 0 Å². The molecule has 0 radical (unpaired) electrons. The number of nitrogens with one attached hydrogen (secondary N) is 2. The van der Waals surface area contributed by atoms with E-state index in [4.69, 9.17) is 5.84 Å². The second kappa shape index (κ2) is 5.48. The summed E-state index contributed by atoms with van der Waals surface area (Å²) in [6.07, 6.45) is 2.72. The smallest absolute Gasteiger partial charge is 0.265 e. The van der Waals surface area contributed by atoms with Crippen LogP contribution in [0.25, 0.3) is 0 Å². The second-order valence-corrected chi connectivity index (χ2v) is 6.04. The molecule has 1 heterocycles. The molecular formula is C13H16N4O2S. The summed E-state index contributed by atoms with van der Waals surface area (Å²) in [7, 11) is -3.76. The van der Waals surface area contributed by atoms with E-state index in [0.717, 1.165) is 11.1 Å². The molecule has 0 amide bonds. The van der Waals surface area contributed by atoms with Crippen molar-refractivity contribution >= 4 is 21.4 Å². The molecule has 0 saturated heterocycles. The van der Waals surface area contributed by atoms with Gasteiger partial charge in [0.15, 0.2) is 0 Å². The third-order valence-electron chi connectivity index (χ3n) is 2.95. The number of anilines is 2. The average molecular weight is 292 g/mol. The van der Waals surface area contributed by atoms with Crippen LogP contribution in [0.3, 0.4) is 0 Å². The number of nitrogen functional groups attached to an aromatic ring is 1. The van der Waals surface area contributed by atoms with Crippen LogP contribution in [0.2, 0.25) is 0 Å². The van der Waals surface area contributed by atoms with E-state index in [1.165, 1.54) is 18.5 Å². The monoisotopic (exact) mass is 292 g/mol. The molecule has 0 atom stereocenters. The van der Waals surface area contributed by atoms with Gasteiger partial charge in [-0.25, -0.2) is 8.42 Å². The summed E-state index contributed by atoms with van der Waals surface area (Å²) < 4.78 is 27.5. The lowest BCUT2D eigenvalue weighted by Gasteiger charge is -2.14. The van der Waals surface area contributed by atoms with Gasteiger partial charge in [0.05, 0.1) is 11.4 Å². The van der Waals surface area contributed by atoms with Gasteiger partial charge in [0, 0.05) is 12.4 Å². The van der Waals surface area contributed by atoms with E-state index in [-0.39, 0.29) is 4.90 Å². The van der Waals surface area contributed by atoms with Crippen molar-refractivity contribution in [2.45, 2.75) is 18.7 Å². The van der Waals surface area contributed by atoms with Gasteiger partial charge in [0.2, 0.25) is 0 Å². The fourth-order valence-electron chi connectivity index (χ4n) is 1.88. The van der Waals surface area contributed by atoms with Crippen molar-refractivity contribution in [3.63, 3.8) is 0 Å². The molecule has 106 valence electrons. The van der Waals surface area contributed by atoms with Crippen LogP contribution in [0.1, 0.15) is 11.1 Å². The van der Waals surface area contributed by atoms with Crippen molar-refractivity contribution in [2.75, 3.05) is 10.1 Å². The number of sulfonamides is 1. The molecule has 0 fully saturated rings. The zero-order valence-corrected chi connectivity index (χ0v) is 12.0. The van der Waals surface area contributed by atoms with E-state index in [0.29, 0.717) is 11.4 Å². The van der Waals surface area contributed by atoms with Gasteiger partial charge in [0.1, 0.15) is 4.90 Å². The van der Waals surface area contributed by atoms with Crippen molar-refractivity contribution in [3.05, 3.63) is 47.8 Å². The van der Waals surface area contributed by atoms with E-state index in [9.17, 15) is 8.42 Å². The lowest BCUT2D eigenvalue weighted by atomic mass is 10.1. The number of aryl methyl sites for hydroxylation is 2. The van der Waals surface area contributed by atoms with E-state index in [1.54, 1.807) is 0 Å². The highest BCUT2D eigenvalue weighted by atomic mass is 32.2. The van der Waals surface area contributed by atoms with Crippen LogP contribution in [0.15, 0.2) is 41.6 Å². The topological polar surface area (TPSA) is 97.1 Å². The normalized spacial score (nSPS) is 11.2. The minimum Gasteiger partial charge on any atom is -0.323 e. The Balaban J connectivity index is 2.47. The van der Waals surface area contributed by atoms with Gasteiger partial charge in [-0.1, -0.05) is 18.2 Å². The van der Waals surface area contributed by atoms with E-state index in [1.807, 2.05) is 32.0 Å². The molecule has 0 spiro atoms. The fourth-order valence-corrected chi connectivity index (χ4v) is 3.19. The van der Waals surface area contributed by atoms with E-state index >= 15 is 0 Å². The molecule has 2 rings (SSSR count). The molecule has 1 aromatic carbocycles. The number of aromatic nitrogens is 1. The number of hydrogen-bond donors (Lipinski definition) is 3. The van der Waals surface area contributed by atoms with Gasteiger partial charge < -0.3 is 5.43 Å². The molecule has 2 aromatic rings. The van der Waals surface area contributed by atoms with Crippen molar-refractivity contribution < 1.29 is 8.42 Å². The summed E-state index contributed by atoms with van der Waals surface area (Å²) >= 11 is 0. The van der Waals surface area contributed by atoms with Crippen LogP contribution in [0.5, 0.6) is 0 Å². The molecule has 20 heavy (non-hydrogen) atoms. The highest BCUT2D eigenvalue weighted by Crippen LogP contribution is 2.25. The van der Waals surface area contributed by atoms with Gasteiger partial charge in [0.25, 0.3) is 10.0 Å². The van der Waals surface area contributed by atoms with Crippen molar-refractivity contribution in [3.8, 4) is 0 Å². The predicted molar refractivity (Wildman–Crippen MR) is 78.8 cm³/mol. The number of hydrazine groups is 1. The number of rotatable bonds is 4. The minimum absolute atomic E-state index is 0.00477. The molecule has 7 heteroatoms. The van der Waals surface area contributed by atoms with Crippen molar-refractivity contribution in [1.82, 2.24) is 4.98 Å². The highest BCUT2D eigenvalue weighted by Gasteiger charge is 2.20. The van der Waals surface area contributed by atoms with Crippen LogP contribution in [0, 0.1) is 13.8 Å². The van der Waals surface area contributed by atoms with Crippen LogP contribution in [0.4, 0.5) is 11.4 Å². The summed E-state index contributed by atoms with van der Waals surface area (Å²) in [4.78, 5) is 3.84. The van der Waals surface area contributed by atoms with Gasteiger partial charge in [-0.3, -0.25) is 15.5 Å². The van der Waals surface area contributed by atoms with E-state index < -0.39 is 10.0 Å². The fraction of sp³-hybridized carbons (Fsp3) is 0.154. The lowest BCUT2D eigenvalue weighted by molar-refractivity contribution is 0.601. The third-order valence-corrected chi connectivity index (χ3v) is 4.32. The Bertz CT molecular complexity index is 709. The molecule has 1 aromatic heterocycles. The lowest BCUT2D eigenvalue weighted by Crippen LogP contribution is -2.18. The molecule has 4 N–H and O–H groups in total. The molecule has 0 bridgehead atoms. The maximum atomic E-state index is 12.4. The number of benzene rings is 1. The highest BCUT2D eigenvalue weighted by molar-refractivity contribution is 7.92. The minimum atomic E-state index is -3.76. The predicted octanol–water partition coefficient (Wildman–Crippen LogP) is 1.78. The molecule has 6 nitrogen and oxygen atoms in total. The Morgan fingerprint density at radius 1 is 1.15 bits per heavy atom. The Labute approximate surface area is 118 Å². The van der Waals surface area contributed by atoms with Crippen LogP contribution >= 0.6 is 0 Å². The zero-order chi connectivity index (χ0) is 14.8. The summed E-state index contributed by atoms with van der Waals surface area (Å²) in [6, 6.07) is 7.06. The van der Waals surface area contributed by atoms with Gasteiger partial charge in [-0.05, 0) is 31.0 Å². The molecule has 0 aliphatic heterocycles. The number of nitrogens with two attached hydrogens (primary N) is 1. The van der Waals surface area contributed by atoms with Crippen LogP contribution in [-0.2, 0) is 10.0 Å². The average Bonchev–Trinajstić information content (AvgIpc) is 2.43. The number of hydrogen-bond acceptors (Lipinski definition) is 5. The molecule has 0 aliphatic rings. The SMILES string of the molecule is Cc1cccc(C)c1NS(=O)(=O)c1cnccc1NN. The van der Waals surface area contributed by atoms with Crippen molar-refractivity contribution in [1.29, 1.82) is 0 Å². The summed E-state index contributed by atoms with van der Waals surface area (Å²) in [6.45, 7) is 3.69. The molecule has 0 saturated carbocycles. The van der Waals surface area contributed by atoms with Crippen LogP contribution < -0.4 is 16.0 Å². The molecule has 0 unspecified atom stereocenters.